The zero-order valence-corrected chi connectivity index (χ0v) is 15.1. The van der Waals surface area contributed by atoms with Crippen LogP contribution in [0.1, 0.15) is 67.2 Å². The molecular formula is C12H28I2. The maximum Gasteiger partial charge on any atom is 0 e. The molecule has 0 aliphatic heterocycles. The van der Waals surface area contributed by atoms with E-state index in [1.54, 1.807) is 0 Å². The van der Waals surface area contributed by atoms with Gasteiger partial charge in [-0.25, -0.2) is 0 Å². The third kappa shape index (κ3) is 23.4. The van der Waals surface area contributed by atoms with Crippen molar-refractivity contribution >= 4 is 37.2 Å². The van der Waals surface area contributed by atoms with Crippen LogP contribution in [0.2, 0.25) is 0 Å². The molecule has 0 N–H and O–H groups in total. The van der Waals surface area contributed by atoms with Crippen LogP contribution in [-0.4, -0.2) is 0 Å². The second kappa shape index (κ2) is 19.9. The summed E-state index contributed by atoms with van der Waals surface area (Å²) >= 11 is 4.24. The van der Waals surface area contributed by atoms with Crippen molar-refractivity contribution in [2.45, 2.75) is 67.2 Å². The summed E-state index contributed by atoms with van der Waals surface area (Å²) in [5.74, 6) is 1.87. The Labute approximate surface area is 115 Å². The molecule has 0 heterocycles. The Kier molecular flexibility index (Phi) is 29.7. The van der Waals surface area contributed by atoms with Gasteiger partial charge in [-0.05, 0) is 11.8 Å². The summed E-state index contributed by atoms with van der Waals surface area (Å²) in [5.41, 5.74) is 0. The van der Waals surface area contributed by atoms with Crippen molar-refractivity contribution in [1.82, 2.24) is 0 Å². The molecule has 0 fully saturated rings. The van der Waals surface area contributed by atoms with Crippen molar-refractivity contribution in [3.8, 4) is 0 Å². The first kappa shape index (κ1) is 20.8. The highest BCUT2D eigenvalue weighted by atomic mass is 128. The predicted molar refractivity (Wildman–Crippen MR) is 87.5 cm³/mol. The second-order valence-corrected chi connectivity index (χ2v) is 3.84. The summed E-state index contributed by atoms with van der Waals surface area (Å²) in [6, 6.07) is 0. The first-order chi connectivity index (χ1) is 6.62. The summed E-state index contributed by atoms with van der Waals surface area (Å²) in [6.45, 7) is 13.5. The Morgan fingerprint density at radius 1 is 0.643 bits per heavy atom. The van der Waals surface area contributed by atoms with Crippen molar-refractivity contribution in [1.29, 1.82) is 0 Å². The zero-order valence-electron chi connectivity index (χ0n) is 10.7. The lowest BCUT2D eigenvalue weighted by Crippen LogP contribution is -1.85. The van der Waals surface area contributed by atoms with Crippen molar-refractivity contribution in [3.63, 3.8) is 0 Å². The molecule has 0 radical (unpaired) electrons. The maximum atomic E-state index is 2.28. The molecule has 2 heteroatoms. The van der Waals surface area contributed by atoms with Crippen LogP contribution < -0.4 is 0 Å². The van der Waals surface area contributed by atoms with E-state index in [9.17, 15) is 0 Å². The number of hydrogen-bond donors (Lipinski definition) is 0. The van der Waals surface area contributed by atoms with Crippen LogP contribution in [0.3, 0.4) is 0 Å². The standard InChI is InChI=1S/2C6H14.I2/c2*1-4-6(3)5-2;1-2/h2*6H,4-5H2,1-3H3;. The molecule has 0 aromatic rings. The molecule has 0 bridgehead atoms. The van der Waals surface area contributed by atoms with Crippen LogP contribution in [0.25, 0.3) is 0 Å². The molecule has 0 unspecified atom stereocenters. The summed E-state index contributed by atoms with van der Waals surface area (Å²) in [4.78, 5) is 0. The van der Waals surface area contributed by atoms with E-state index in [0.29, 0.717) is 0 Å². The van der Waals surface area contributed by atoms with E-state index < -0.39 is 0 Å². The molecule has 0 aliphatic rings. The fourth-order valence-corrected chi connectivity index (χ4v) is 0.577. The predicted octanol–water partition coefficient (Wildman–Crippen LogP) is 6.66. The molecule has 0 amide bonds. The fourth-order valence-electron chi connectivity index (χ4n) is 0.577. The maximum absolute atomic E-state index is 2.28. The van der Waals surface area contributed by atoms with Gasteiger partial charge in [0.15, 0.2) is 0 Å². The minimum absolute atomic E-state index is 0.935. The monoisotopic (exact) mass is 426 g/mol. The number of rotatable bonds is 4. The number of halogens is 2. The van der Waals surface area contributed by atoms with Crippen LogP contribution >= 0.6 is 37.2 Å². The van der Waals surface area contributed by atoms with E-state index in [1.165, 1.54) is 25.7 Å². The molecule has 0 spiro atoms. The molecule has 0 atom stereocenters. The smallest absolute Gasteiger partial charge is 0 e. The SMILES string of the molecule is CCC(C)CC.CCC(C)CC.II. The largest absolute Gasteiger partial charge is 0.0651 e. The van der Waals surface area contributed by atoms with Crippen LogP contribution in [-0.2, 0) is 0 Å². The molecule has 0 saturated carbocycles. The Morgan fingerprint density at radius 2 is 0.786 bits per heavy atom. The highest BCUT2D eigenvalue weighted by Crippen LogP contribution is 2.03. The van der Waals surface area contributed by atoms with Gasteiger partial charge in [-0.3, -0.25) is 0 Å². The van der Waals surface area contributed by atoms with Crippen LogP contribution in [0.4, 0.5) is 0 Å². The molecule has 0 aromatic carbocycles. The molecule has 0 rings (SSSR count). The first-order valence-corrected chi connectivity index (χ1v) is 12.0. The average molecular weight is 426 g/mol. The van der Waals surface area contributed by atoms with Crippen molar-refractivity contribution < 1.29 is 0 Å². The van der Waals surface area contributed by atoms with Crippen LogP contribution in [0.5, 0.6) is 0 Å². The van der Waals surface area contributed by atoms with E-state index >= 15 is 0 Å². The van der Waals surface area contributed by atoms with Crippen LogP contribution in [0, 0.1) is 11.8 Å². The first-order valence-electron chi connectivity index (χ1n) is 5.76. The van der Waals surface area contributed by atoms with E-state index in [0.717, 1.165) is 11.8 Å². The molecule has 90 valence electrons. The molecule has 14 heavy (non-hydrogen) atoms. The molecule has 0 aliphatic carbocycles. The Morgan fingerprint density at radius 3 is 0.786 bits per heavy atom. The third-order valence-corrected chi connectivity index (χ3v) is 2.79. The molecule has 0 aromatic heterocycles. The summed E-state index contributed by atoms with van der Waals surface area (Å²) in [7, 11) is 0. The van der Waals surface area contributed by atoms with E-state index in [2.05, 4.69) is 78.8 Å². The fraction of sp³-hybridized carbons (Fsp3) is 1.00. The minimum Gasteiger partial charge on any atom is -0.0651 e. The topological polar surface area (TPSA) is 0 Å². The van der Waals surface area contributed by atoms with Gasteiger partial charge < -0.3 is 0 Å². The average Bonchev–Trinajstić information content (AvgIpc) is 2.30. The van der Waals surface area contributed by atoms with Gasteiger partial charge in [0.1, 0.15) is 0 Å². The Bertz CT molecular complexity index is 56.7. The normalized spacial score (nSPS) is 9.00. The lowest BCUT2D eigenvalue weighted by molar-refractivity contribution is 0.544. The van der Waals surface area contributed by atoms with Gasteiger partial charge in [-0.1, -0.05) is 67.2 Å². The van der Waals surface area contributed by atoms with E-state index in [1.807, 2.05) is 0 Å². The van der Waals surface area contributed by atoms with E-state index in [4.69, 9.17) is 0 Å². The van der Waals surface area contributed by atoms with E-state index in [-0.39, 0.29) is 0 Å². The van der Waals surface area contributed by atoms with Gasteiger partial charge in [0.25, 0.3) is 0 Å². The molecular weight excluding hydrogens is 398 g/mol. The second-order valence-electron chi connectivity index (χ2n) is 3.84. The highest BCUT2D eigenvalue weighted by Gasteiger charge is 1.89. The van der Waals surface area contributed by atoms with Gasteiger partial charge in [-0.15, -0.1) is 0 Å². The molecule has 0 saturated heterocycles. The lowest BCUT2D eigenvalue weighted by atomic mass is 10.1. The Hall–Kier alpha value is 1.46. The van der Waals surface area contributed by atoms with Crippen molar-refractivity contribution in [2.75, 3.05) is 0 Å². The zero-order chi connectivity index (χ0) is 12.0. The third-order valence-electron chi connectivity index (χ3n) is 2.79. The van der Waals surface area contributed by atoms with Crippen LogP contribution in [0.15, 0.2) is 0 Å². The van der Waals surface area contributed by atoms with Crippen molar-refractivity contribution in [3.05, 3.63) is 0 Å². The Balaban J connectivity index is -0.000000147. The quantitative estimate of drug-likeness (QED) is 0.442. The van der Waals surface area contributed by atoms with Crippen molar-refractivity contribution in [2.24, 2.45) is 11.8 Å². The highest BCUT2D eigenvalue weighted by molar-refractivity contribution is 15.0. The van der Waals surface area contributed by atoms with Gasteiger partial charge in [0.05, 0.1) is 0 Å². The van der Waals surface area contributed by atoms with Gasteiger partial charge in [0.2, 0.25) is 0 Å². The summed E-state index contributed by atoms with van der Waals surface area (Å²) in [5, 5.41) is 0. The summed E-state index contributed by atoms with van der Waals surface area (Å²) < 4.78 is 0. The van der Waals surface area contributed by atoms with Gasteiger partial charge >= 0.3 is 0 Å². The lowest BCUT2D eigenvalue weighted by Gasteiger charge is -1.98. The molecule has 0 nitrogen and oxygen atoms in total. The minimum atomic E-state index is 0.935. The van der Waals surface area contributed by atoms with Gasteiger partial charge in [0, 0.05) is 37.2 Å². The summed E-state index contributed by atoms with van der Waals surface area (Å²) in [6.07, 6.45) is 5.32. The number of hydrogen-bond acceptors (Lipinski definition) is 0. The van der Waals surface area contributed by atoms with Gasteiger partial charge in [-0.2, -0.15) is 0 Å².